The highest BCUT2D eigenvalue weighted by Crippen LogP contribution is 2.18. The van der Waals surface area contributed by atoms with Gasteiger partial charge < -0.3 is 9.84 Å². The van der Waals surface area contributed by atoms with Crippen LogP contribution in [0.4, 0.5) is 0 Å². The van der Waals surface area contributed by atoms with Crippen LogP contribution in [0.5, 0.6) is 0 Å². The van der Waals surface area contributed by atoms with E-state index in [0.29, 0.717) is 13.2 Å². The molecule has 1 N–H and O–H groups in total. The molecule has 1 fully saturated rings. The summed E-state index contributed by atoms with van der Waals surface area (Å²) in [5.74, 6) is -0.805. The Morgan fingerprint density at radius 2 is 2.32 bits per heavy atom. The highest BCUT2D eigenvalue weighted by molar-refractivity contribution is 9.10. The molecule has 1 atom stereocenters. The summed E-state index contributed by atoms with van der Waals surface area (Å²) in [7, 11) is 1.81. The lowest BCUT2D eigenvalue weighted by Gasteiger charge is -2.34. The van der Waals surface area contributed by atoms with E-state index in [1.165, 1.54) is 11.1 Å². The molecule has 0 aromatic heterocycles. The molecule has 1 heterocycles. The Kier molecular flexibility index (Phi) is 6.37. The third-order valence-corrected chi connectivity index (χ3v) is 4.34. The molecule has 5 nitrogen and oxygen atoms in total. The van der Waals surface area contributed by atoms with E-state index in [0.717, 1.165) is 24.1 Å². The van der Waals surface area contributed by atoms with Crippen LogP contribution < -0.4 is 0 Å². The van der Waals surface area contributed by atoms with Gasteiger partial charge in [-0.2, -0.15) is 0 Å². The number of likely N-dealkylation sites (N-methyl/N-ethyl adjacent to an activating group) is 1. The van der Waals surface area contributed by atoms with Crippen molar-refractivity contribution in [2.45, 2.75) is 19.6 Å². The van der Waals surface area contributed by atoms with Crippen LogP contribution in [0.3, 0.4) is 0 Å². The molecule has 1 aliphatic heterocycles. The number of aryl methyl sites for hydroxylation is 1. The molecular formula is C16H23BrN2O3. The van der Waals surface area contributed by atoms with E-state index in [9.17, 15) is 4.79 Å². The summed E-state index contributed by atoms with van der Waals surface area (Å²) >= 11 is 3.49. The number of carbonyl (C=O) groups is 1. The first kappa shape index (κ1) is 17.4. The molecule has 0 radical (unpaired) electrons. The van der Waals surface area contributed by atoms with E-state index in [1.807, 2.05) is 7.05 Å². The fourth-order valence-corrected chi connectivity index (χ4v) is 3.23. The number of rotatable bonds is 6. The molecule has 0 amide bonds. The number of carboxylic acids is 1. The van der Waals surface area contributed by atoms with E-state index >= 15 is 0 Å². The van der Waals surface area contributed by atoms with Crippen molar-refractivity contribution in [1.29, 1.82) is 0 Å². The predicted molar refractivity (Wildman–Crippen MR) is 89.0 cm³/mol. The molecule has 6 heteroatoms. The Morgan fingerprint density at radius 1 is 1.55 bits per heavy atom. The zero-order valence-electron chi connectivity index (χ0n) is 13.1. The average molecular weight is 371 g/mol. The van der Waals surface area contributed by atoms with Gasteiger partial charge in [0.15, 0.2) is 0 Å². The minimum Gasteiger partial charge on any atom is -0.480 e. The maximum Gasteiger partial charge on any atom is 0.317 e. The van der Waals surface area contributed by atoms with Gasteiger partial charge in [-0.1, -0.05) is 22.0 Å². The molecular weight excluding hydrogens is 348 g/mol. The molecule has 1 aromatic carbocycles. The summed E-state index contributed by atoms with van der Waals surface area (Å²) < 4.78 is 6.86. The van der Waals surface area contributed by atoms with Gasteiger partial charge in [-0.3, -0.25) is 14.6 Å². The third kappa shape index (κ3) is 5.35. The number of aliphatic carboxylic acids is 1. The third-order valence-electron chi connectivity index (χ3n) is 3.84. The fourth-order valence-electron chi connectivity index (χ4n) is 2.76. The van der Waals surface area contributed by atoms with Crippen LogP contribution in [-0.4, -0.2) is 66.8 Å². The maximum absolute atomic E-state index is 10.7. The van der Waals surface area contributed by atoms with E-state index < -0.39 is 5.97 Å². The minimum atomic E-state index is -0.805. The minimum absolute atomic E-state index is 0.0473. The number of nitrogens with zero attached hydrogens (tertiary/aromatic N) is 2. The highest BCUT2D eigenvalue weighted by atomic mass is 79.9. The highest BCUT2D eigenvalue weighted by Gasteiger charge is 2.22. The number of hydrogen-bond donors (Lipinski definition) is 1. The summed E-state index contributed by atoms with van der Waals surface area (Å²) in [5, 5.41) is 8.82. The van der Waals surface area contributed by atoms with Crippen molar-refractivity contribution in [3.63, 3.8) is 0 Å². The van der Waals surface area contributed by atoms with Crippen LogP contribution in [0.15, 0.2) is 22.7 Å². The molecule has 22 heavy (non-hydrogen) atoms. The van der Waals surface area contributed by atoms with Crippen molar-refractivity contribution in [2.24, 2.45) is 0 Å². The molecule has 0 saturated carbocycles. The van der Waals surface area contributed by atoms with Gasteiger partial charge >= 0.3 is 5.97 Å². The van der Waals surface area contributed by atoms with Crippen molar-refractivity contribution in [3.05, 3.63) is 33.8 Å². The normalized spacial score (nSPS) is 19.5. The second-order valence-corrected chi connectivity index (χ2v) is 6.80. The van der Waals surface area contributed by atoms with E-state index in [-0.39, 0.29) is 12.6 Å². The number of ether oxygens (including phenoxy) is 1. The van der Waals surface area contributed by atoms with Crippen LogP contribution in [0, 0.1) is 6.92 Å². The predicted octanol–water partition coefficient (Wildman–Crippen LogP) is 1.97. The molecule has 1 unspecified atom stereocenters. The summed E-state index contributed by atoms with van der Waals surface area (Å²) in [6, 6.07) is 6.36. The maximum atomic E-state index is 10.7. The van der Waals surface area contributed by atoms with Gasteiger partial charge in [0.25, 0.3) is 0 Å². The lowest BCUT2D eigenvalue weighted by Crippen LogP contribution is -2.47. The number of hydrogen-bond acceptors (Lipinski definition) is 4. The van der Waals surface area contributed by atoms with Crippen molar-refractivity contribution in [3.8, 4) is 0 Å². The Bertz CT molecular complexity index is 524. The summed E-state index contributed by atoms with van der Waals surface area (Å²) in [6.07, 6.45) is 0.0638. The van der Waals surface area contributed by atoms with Crippen molar-refractivity contribution in [1.82, 2.24) is 9.80 Å². The smallest absolute Gasteiger partial charge is 0.317 e. The number of benzene rings is 1. The molecule has 1 aromatic rings. The first-order valence-electron chi connectivity index (χ1n) is 7.43. The van der Waals surface area contributed by atoms with Gasteiger partial charge in [0.1, 0.15) is 0 Å². The summed E-state index contributed by atoms with van der Waals surface area (Å²) in [6.45, 7) is 6.16. The second-order valence-electron chi connectivity index (χ2n) is 5.89. The molecule has 0 spiro atoms. The topological polar surface area (TPSA) is 53.0 Å². The SMILES string of the molecule is Cc1cc(Br)ccc1CN1CCOC(CN(C)CC(=O)O)C1. The summed E-state index contributed by atoms with van der Waals surface area (Å²) in [5.41, 5.74) is 2.60. The molecule has 0 bridgehead atoms. The van der Waals surface area contributed by atoms with Crippen LogP contribution in [0.2, 0.25) is 0 Å². The monoisotopic (exact) mass is 370 g/mol. The number of morpholine rings is 1. The van der Waals surface area contributed by atoms with Gasteiger partial charge in [-0.05, 0) is 37.2 Å². The average Bonchev–Trinajstić information content (AvgIpc) is 2.41. The molecule has 2 rings (SSSR count). The molecule has 0 aliphatic carbocycles. The first-order valence-corrected chi connectivity index (χ1v) is 8.22. The van der Waals surface area contributed by atoms with Gasteiger partial charge in [0.05, 0.1) is 19.3 Å². The molecule has 1 aliphatic rings. The first-order chi connectivity index (χ1) is 10.4. The lowest BCUT2D eigenvalue weighted by molar-refractivity contribution is -0.138. The van der Waals surface area contributed by atoms with Crippen LogP contribution in [0.1, 0.15) is 11.1 Å². The van der Waals surface area contributed by atoms with Gasteiger partial charge in [0, 0.05) is 30.7 Å². The van der Waals surface area contributed by atoms with Gasteiger partial charge in [-0.15, -0.1) is 0 Å². The van der Waals surface area contributed by atoms with E-state index in [1.54, 1.807) is 4.90 Å². The largest absolute Gasteiger partial charge is 0.480 e. The van der Waals surface area contributed by atoms with E-state index in [2.05, 4.69) is 46.0 Å². The number of carboxylic acid groups (broad SMARTS) is 1. The standard InChI is InChI=1S/C16H23BrN2O3/c1-12-7-14(17)4-3-13(12)8-19-5-6-22-15(10-19)9-18(2)11-16(20)21/h3-4,7,15H,5-6,8-11H2,1-2H3,(H,20,21). The van der Waals surface area contributed by atoms with E-state index in [4.69, 9.17) is 9.84 Å². The zero-order chi connectivity index (χ0) is 16.1. The Morgan fingerprint density at radius 3 is 3.00 bits per heavy atom. The summed E-state index contributed by atoms with van der Waals surface area (Å²) in [4.78, 5) is 14.9. The van der Waals surface area contributed by atoms with Gasteiger partial charge in [-0.25, -0.2) is 0 Å². The second kappa shape index (κ2) is 8.06. The number of halogens is 1. The van der Waals surface area contributed by atoms with Crippen LogP contribution in [-0.2, 0) is 16.1 Å². The molecule has 122 valence electrons. The van der Waals surface area contributed by atoms with Crippen molar-refractivity contribution in [2.75, 3.05) is 39.8 Å². The quantitative estimate of drug-likeness (QED) is 0.829. The zero-order valence-corrected chi connectivity index (χ0v) is 14.7. The molecule has 1 saturated heterocycles. The lowest BCUT2D eigenvalue weighted by atomic mass is 10.1. The fraction of sp³-hybridized carbons (Fsp3) is 0.562. The Balaban J connectivity index is 1.89. The van der Waals surface area contributed by atoms with Crippen LogP contribution >= 0.6 is 15.9 Å². The van der Waals surface area contributed by atoms with Crippen molar-refractivity contribution < 1.29 is 14.6 Å². The Hall–Kier alpha value is -0.950. The van der Waals surface area contributed by atoms with Gasteiger partial charge in [0.2, 0.25) is 0 Å². The van der Waals surface area contributed by atoms with Crippen LogP contribution in [0.25, 0.3) is 0 Å². The Labute approximate surface area is 140 Å². The van der Waals surface area contributed by atoms with Crippen molar-refractivity contribution >= 4 is 21.9 Å².